The number of anilines is 2. The average molecular weight is 493 g/mol. The van der Waals surface area contributed by atoms with Crippen molar-refractivity contribution >= 4 is 44.8 Å². The number of amides is 2. The van der Waals surface area contributed by atoms with Crippen LogP contribution in [-0.4, -0.2) is 42.2 Å². The minimum absolute atomic E-state index is 0.161. The summed E-state index contributed by atoms with van der Waals surface area (Å²) in [6.45, 7) is 0. The summed E-state index contributed by atoms with van der Waals surface area (Å²) in [7, 11) is 0. The van der Waals surface area contributed by atoms with E-state index in [2.05, 4.69) is 41.0 Å². The number of nitrogens with zero attached hydrogens (tertiary/aromatic N) is 6. The largest absolute Gasteiger partial charge is 0.300 e. The molecule has 0 radical (unpaired) electrons. The van der Waals surface area contributed by atoms with E-state index >= 15 is 0 Å². The van der Waals surface area contributed by atoms with Crippen LogP contribution in [0.3, 0.4) is 0 Å². The molecule has 10 nitrogen and oxygen atoms in total. The molecule has 0 aliphatic heterocycles. The molecule has 0 unspecified atom stereocenters. The van der Waals surface area contributed by atoms with Gasteiger partial charge in [-0.1, -0.05) is 47.0 Å². The molecular weight excluding hydrogens is 472 g/mol. The van der Waals surface area contributed by atoms with E-state index in [1.165, 1.54) is 22.7 Å². The van der Waals surface area contributed by atoms with E-state index < -0.39 is 0 Å². The van der Waals surface area contributed by atoms with Gasteiger partial charge in [-0.05, 0) is 23.3 Å². The lowest BCUT2D eigenvalue weighted by Gasteiger charge is -2.00. The first-order chi connectivity index (χ1) is 16.6. The maximum absolute atomic E-state index is 12.1. The smallest absolute Gasteiger partial charge is 0.230 e. The third-order valence-electron chi connectivity index (χ3n) is 4.35. The van der Waals surface area contributed by atoms with Gasteiger partial charge in [0, 0.05) is 37.6 Å². The number of nitrogens with one attached hydrogen (secondary N) is 2. The molecule has 4 rings (SSSR count). The Kier molecular flexibility index (Phi) is 8.08. The molecule has 2 amide bonds. The summed E-state index contributed by atoms with van der Waals surface area (Å²) in [5, 5.41) is 24.3. The van der Waals surface area contributed by atoms with Crippen LogP contribution in [0.25, 0.3) is 0 Å². The Bertz CT molecular complexity index is 1160. The monoisotopic (exact) mass is 492 g/mol. The van der Waals surface area contributed by atoms with E-state index in [4.69, 9.17) is 0 Å². The molecule has 4 heterocycles. The van der Waals surface area contributed by atoms with Gasteiger partial charge in [-0.3, -0.25) is 19.6 Å². The highest BCUT2D eigenvalue weighted by Gasteiger charge is 2.10. The third-order valence-corrected chi connectivity index (χ3v) is 6.07. The van der Waals surface area contributed by atoms with Gasteiger partial charge in [0.1, 0.15) is 10.0 Å². The summed E-state index contributed by atoms with van der Waals surface area (Å²) in [6.07, 6.45) is 12.2. The van der Waals surface area contributed by atoms with Crippen LogP contribution in [0, 0.1) is 0 Å². The van der Waals surface area contributed by atoms with E-state index in [9.17, 15) is 9.59 Å². The predicted molar refractivity (Wildman–Crippen MR) is 130 cm³/mol. The van der Waals surface area contributed by atoms with Gasteiger partial charge in [-0.25, -0.2) is 0 Å². The lowest BCUT2D eigenvalue weighted by molar-refractivity contribution is -0.116. The summed E-state index contributed by atoms with van der Waals surface area (Å²) >= 11 is 2.66. The number of carbonyl (C=O) groups excluding carboxylic acids is 2. The zero-order valence-electron chi connectivity index (χ0n) is 17.9. The molecule has 4 aromatic rings. The Balaban J connectivity index is 1.19. The molecule has 0 aliphatic rings. The first-order valence-corrected chi connectivity index (χ1v) is 11.9. The molecule has 0 fully saturated rings. The van der Waals surface area contributed by atoms with Gasteiger partial charge < -0.3 is 10.6 Å². The molecule has 0 aromatic carbocycles. The van der Waals surface area contributed by atoms with E-state index in [1.54, 1.807) is 36.9 Å². The second-order valence-electron chi connectivity index (χ2n) is 7.05. The maximum atomic E-state index is 12.1. The van der Waals surface area contributed by atoms with Gasteiger partial charge in [-0.2, -0.15) is 0 Å². The summed E-state index contributed by atoms with van der Waals surface area (Å²) in [5.41, 5.74) is 1.67. The van der Waals surface area contributed by atoms with Crippen molar-refractivity contribution in [2.75, 3.05) is 10.6 Å². The molecule has 0 saturated carbocycles. The van der Waals surface area contributed by atoms with Crippen molar-refractivity contribution in [3.63, 3.8) is 0 Å². The van der Waals surface area contributed by atoms with Crippen LogP contribution < -0.4 is 10.6 Å². The molecule has 0 atom stereocenters. The molecule has 0 bridgehead atoms. The van der Waals surface area contributed by atoms with Crippen LogP contribution in [0.2, 0.25) is 0 Å². The number of carbonyl (C=O) groups is 2. The van der Waals surface area contributed by atoms with Crippen LogP contribution in [0.5, 0.6) is 0 Å². The van der Waals surface area contributed by atoms with Crippen molar-refractivity contribution in [2.45, 2.75) is 25.7 Å². The minimum atomic E-state index is -0.161. The molecule has 0 aliphatic carbocycles. The van der Waals surface area contributed by atoms with Gasteiger partial charge >= 0.3 is 0 Å². The van der Waals surface area contributed by atoms with Crippen molar-refractivity contribution < 1.29 is 9.59 Å². The average Bonchev–Trinajstić information content (AvgIpc) is 3.47. The van der Waals surface area contributed by atoms with Gasteiger partial charge in [0.25, 0.3) is 0 Å². The first-order valence-electron chi connectivity index (χ1n) is 10.3. The summed E-state index contributed by atoms with van der Waals surface area (Å²) < 4.78 is 0. The number of allylic oxidation sites excluding steroid dienone is 2. The van der Waals surface area contributed by atoms with Gasteiger partial charge in [0.2, 0.25) is 22.1 Å². The zero-order chi connectivity index (χ0) is 23.6. The second-order valence-corrected chi connectivity index (χ2v) is 9.18. The minimum Gasteiger partial charge on any atom is -0.300 e. The van der Waals surface area contributed by atoms with E-state index in [0.29, 0.717) is 23.1 Å². The van der Waals surface area contributed by atoms with Crippen LogP contribution in [0.1, 0.15) is 21.1 Å². The Morgan fingerprint density at radius 3 is 1.62 bits per heavy atom. The van der Waals surface area contributed by atoms with Crippen molar-refractivity contribution in [2.24, 2.45) is 0 Å². The zero-order valence-corrected chi connectivity index (χ0v) is 19.6. The maximum Gasteiger partial charge on any atom is 0.230 e. The molecule has 34 heavy (non-hydrogen) atoms. The van der Waals surface area contributed by atoms with Crippen molar-refractivity contribution in [3.05, 3.63) is 82.3 Å². The SMILES string of the molecule is O=C(Cc1cccnc1)Nc1nnc(C/C=C/Cc2nnc(NC(=O)Cc3cccnc3)s2)s1. The van der Waals surface area contributed by atoms with E-state index in [-0.39, 0.29) is 24.7 Å². The topological polar surface area (TPSA) is 136 Å². The number of rotatable bonds is 10. The lowest BCUT2D eigenvalue weighted by atomic mass is 10.2. The molecule has 0 saturated heterocycles. The van der Waals surface area contributed by atoms with E-state index in [0.717, 1.165) is 21.1 Å². The Morgan fingerprint density at radius 2 is 1.21 bits per heavy atom. The van der Waals surface area contributed by atoms with Gasteiger partial charge in [0.05, 0.1) is 12.8 Å². The van der Waals surface area contributed by atoms with Crippen molar-refractivity contribution in [3.8, 4) is 0 Å². The van der Waals surface area contributed by atoms with Gasteiger partial charge in [0.15, 0.2) is 0 Å². The molecular formula is C22H20N8O2S2. The summed E-state index contributed by atoms with van der Waals surface area (Å²) in [6, 6.07) is 7.28. The highest BCUT2D eigenvalue weighted by Crippen LogP contribution is 2.18. The molecule has 2 N–H and O–H groups in total. The number of hydrogen-bond donors (Lipinski definition) is 2. The van der Waals surface area contributed by atoms with Gasteiger partial charge in [-0.15, -0.1) is 20.4 Å². The fourth-order valence-electron chi connectivity index (χ4n) is 2.84. The fourth-order valence-corrected chi connectivity index (χ4v) is 4.31. The van der Waals surface area contributed by atoms with Crippen LogP contribution in [0.15, 0.2) is 61.2 Å². The van der Waals surface area contributed by atoms with Crippen LogP contribution >= 0.6 is 22.7 Å². The number of aromatic nitrogens is 6. The normalized spacial score (nSPS) is 10.9. The number of hydrogen-bond acceptors (Lipinski definition) is 10. The third kappa shape index (κ3) is 7.32. The summed E-state index contributed by atoms with van der Waals surface area (Å²) in [4.78, 5) is 32.2. The predicted octanol–water partition coefficient (Wildman–Crippen LogP) is 2.88. The number of pyridine rings is 2. The summed E-state index contributed by atoms with van der Waals surface area (Å²) in [5.74, 6) is -0.323. The highest BCUT2D eigenvalue weighted by molar-refractivity contribution is 7.15. The van der Waals surface area contributed by atoms with Crippen molar-refractivity contribution in [1.29, 1.82) is 0 Å². The Morgan fingerprint density at radius 1 is 0.735 bits per heavy atom. The molecule has 12 heteroatoms. The first kappa shape index (κ1) is 23.3. The van der Waals surface area contributed by atoms with E-state index in [1.807, 2.05) is 24.3 Å². The standard InChI is InChI=1S/C22H20N8O2S2/c31-17(11-15-5-3-9-23-13-15)25-21-29-27-19(33-21)7-1-2-8-20-28-30-22(34-20)26-18(32)12-16-6-4-10-24-14-16/h1-6,9-10,13-14H,7-8,11-12H2,(H,25,29,31)(H,26,30,32)/b2-1+. The quantitative estimate of drug-likeness (QED) is 0.323. The molecule has 4 aromatic heterocycles. The highest BCUT2D eigenvalue weighted by atomic mass is 32.1. The molecule has 0 spiro atoms. The Labute approximate surface area is 203 Å². The lowest BCUT2D eigenvalue weighted by Crippen LogP contribution is -2.14. The van der Waals surface area contributed by atoms with Crippen molar-refractivity contribution in [1.82, 2.24) is 30.4 Å². The Hall–Kier alpha value is -3.90. The molecule has 172 valence electrons. The fraction of sp³-hybridized carbons (Fsp3) is 0.182. The second kappa shape index (κ2) is 11.8. The van der Waals surface area contributed by atoms with Crippen LogP contribution in [0.4, 0.5) is 10.3 Å². The van der Waals surface area contributed by atoms with Crippen LogP contribution in [-0.2, 0) is 35.3 Å².